The van der Waals surface area contributed by atoms with Crippen molar-refractivity contribution in [1.29, 1.82) is 0 Å². The highest BCUT2D eigenvalue weighted by molar-refractivity contribution is 6.18. The number of carbonyl (C=O) groups excluding carboxylic acids is 1. The quantitative estimate of drug-likeness (QED) is 0.816. The van der Waals surface area contributed by atoms with Gasteiger partial charge in [-0.25, -0.2) is 0 Å². The minimum Gasteiger partial charge on any atom is -0.435 e. The normalized spacial score (nSPS) is 14.0. The predicted octanol–water partition coefficient (Wildman–Crippen LogP) is 3.43. The highest BCUT2D eigenvalue weighted by atomic mass is 35.5. The molecule has 0 bridgehead atoms. The Bertz CT molecular complexity index is 419. The summed E-state index contributed by atoms with van der Waals surface area (Å²) in [6.45, 7) is 0.883. The molecule has 106 valence electrons. The van der Waals surface area contributed by atoms with Crippen LogP contribution in [-0.4, -0.2) is 23.9 Å². The van der Waals surface area contributed by atoms with Gasteiger partial charge in [-0.05, 0) is 37.6 Å². The molecule has 1 unspecified atom stereocenters. The molecule has 1 aromatic rings. The van der Waals surface area contributed by atoms with Crippen LogP contribution in [0.5, 0.6) is 5.75 Å². The van der Waals surface area contributed by atoms with Crippen LogP contribution in [0.4, 0.5) is 8.78 Å². The molecule has 0 radical (unpaired) electrons. The Morgan fingerprint density at radius 2 is 2.00 bits per heavy atom. The van der Waals surface area contributed by atoms with Crippen molar-refractivity contribution >= 4 is 17.5 Å². The molecule has 0 aliphatic carbocycles. The van der Waals surface area contributed by atoms with Crippen LogP contribution >= 0.6 is 11.6 Å². The van der Waals surface area contributed by atoms with E-state index in [1.807, 2.05) is 13.8 Å². The number of rotatable bonds is 6. The molecule has 19 heavy (non-hydrogen) atoms. The Balaban J connectivity index is 2.73. The third-order valence-corrected chi connectivity index (χ3v) is 3.42. The van der Waals surface area contributed by atoms with Crippen molar-refractivity contribution in [3.8, 4) is 5.75 Å². The predicted molar refractivity (Wildman–Crippen MR) is 70.0 cm³/mol. The highest BCUT2D eigenvalue weighted by Crippen LogP contribution is 2.17. The van der Waals surface area contributed by atoms with Crippen molar-refractivity contribution in [2.75, 3.05) is 5.88 Å². The highest BCUT2D eigenvalue weighted by Gasteiger charge is 2.23. The topological polar surface area (TPSA) is 38.3 Å². The second-order valence-corrected chi connectivity index (χ2v) is 4.67. The lowest BCUT2D eigenvalue weighted by Crippen LogP contribution is -2.47. The van der Waals surface area contributed by atoms with Crippen molar-refractivity contribution in [2.45, 2.75) is 32.4 Å². The average Bonchev–Trinajstić information content (AvgIpc) is 2.38. The second-order valence-electron chi connectivity index (χ2n) is 4.40. The minimum atomic E-state index is -2.88. The maximum Gasteiger partial charge on any atom is 0.387 e. The molecule has 0 spiro atoms. The van der Waals surface area contributed by atoms with Gasteiger partial charge < -0.3 is 10.1 Å². The molecule has 0 saturated carbocycles. The number of alkyl halides is 3. The van der Waals surface area contributed by atoms with E-state index in [0.717, 1.165) is 0 Å². The van der Waals surface area contributed by atoms with Crippen LogP contribution in [0.25, 0.3) is 0 Å². The Hall–Kier alpha value is -1.36. The number of benzene rings is 1. The van der Waals surface area contributed by atoms with E-state index in [2.05, 4.69) is 10.1 Å². The number of amides is 1. The molecule has 0 aromatic heterocycles. The van der Waals surface area contributed by atoms with Crippen molar-refractivity contribution in [2.24, 2.45) is 0 Å². The zero-order valence-corrected chi connectivity index (χ0v) is 11.5. The fraction of sp³-hybridized carbons (Fsp3) is 0.462. The van der Waals surface area contributed by atoms with E-state index >= 15 is 0 Å². The van der Waals surface area contributed by atoms with Crippen molar-refractivity contribution in [3.63, 3.8) is 0 Å². The van der Waals surface area contributed by atoms with Gasteiger partial charge in [0, 0.05) is 11.4 Å². The second kappa shape index (κ2) is 6.70. The number of hydrogen-bond donors (Lipinski definition) is 1. The summed E-state index contributed by atoms with van der Waals surface area (Å²) in [5.74, 6) is 0.0118. The van der Waals surface area contributed by atoms with Crippen LogP contribution in [0.3, 0.4) is 0 Å². The van der Waals surface area contributed by atoms with Crippen molar-refractivity contribution < 1.29 is 18.3 Å². The molecule has 0 fully saturated rings. The molecule has 0 aliphatic heterocycles. The van der Waals surface area contributed by atoms with Gasteiger partial charge in [0.15, 0.2) is 0 Å². The van der Waals surface area contributed by atoms with Crippen LogP contribution in [0.2, 0.25) is 0 Å². The summed E-state index contributed by atoms with van der Waals surface area (Å²) in [6, 6.07) is 5.50. The van der Waals surface area contributed by atoms with Crippen molar-refractivity contribution in [1.82, 2.24) is 5.32 Å². The Labute approximate surface area is 115 Å². The lowest BCUT2D eigenvalue weighted by Gasteiger charge is -2.27. The lowest BCUT2D eigenvalue weighted by atomic mass is 10.0. The SMILES string of the molecule is CCC(C)(CCl)NC(=O)c1ccc(OC(F)F)cc1. The first kappa shape index (κ1) is 15.7. The molecular weight excluding hydrogens is 276 g/mol. The van der Waals surface area contributed by atoms with Gasteiger partial charge in [-0.15, -0.1) is 11.6 Å². The van der Waals surface area contributed by atoms with Gasteiger partial charge in [-0.1, -0.05) is 6.92 Å². The first-order chi connectivity index (χ1) is 8.90. The molecule has 1 amide bonds. The monoisotopic (exact) mass is 291 g/mol. The zero-order chi connectivity index (χ0) is 14.5. The Morgan fingerprint density at radius 1 is 1.42 bits per heavy atom. The number of hydrogen-bond acceptors (Lipinski definition) is 2. The zero-order valence-electron chi connectivity index (χ0n) is 10.8. The summed E-state index contributed by atoms with van der Waals surface area (Å²) in [4.78, 5) is 12.0. The van der Waals surface area contributed by atoms with E-state index in [0.29, 0.717) is 17.9 Å². The third-order valence-electron chi connectivity index (χ3n) is 2.83. The first-order valence-corrected chi connectivity index (χ1v) is 6.37. The molecule has 0 aliphatic rings. The van der Waals surface area contributed by atoms with Gasteiger partial charge in [0.1, 0.15) is 5.75 Å². The summed E-state index contributed by atoms with van der Waals surface area (Å²) in [5, 5.41) is 2.81. The molecular formula is C13H16ClF2NO2. The van der Waals surface area contributed by atoms with Gasteiger partial charge in [-0.2, -0.15) is 8.78 Å². The summed E-state index contributed by atoms with van der Waals surface area (Å²) in [5.41, 5.74) is -0.122. The number of nitrogens with one attached hydrogen (secondary N) is 1. The van der Waals surface area contributed by atoms with E-state index in [1.54, 1.807) is 0 Å². The summed E-state index contributed by atoms with van der Waals surface area (Å²) in [6.07, 6.45) is 0.689. The summed E-state index contributed by atoms with van der Waals surface area (Å²) >= 11 is 5.80. The van der Waals surface area contributed by atoms with Gasteiger partial charge >= 0.3 is 6.61 Å². The maximum absolute atomic E-state index is 12.0. The lowest BCUT2D eigenvalue weighted by molar-refractivity contribution is -0.0498. The van der Waals surface area contributed by atoms with E-state index in [9.17, 15) is 13.6 Å². The van der Waals surface area contributed by atoms with Crippen LogP contribution < -0.4 is 10.1 Å². The standard InChI is InChI=1S/C13H16ClF2NO2/c1-3-13(2,8-14)17-11(18)9-4-6-10(7-5-9)19-12(15)16/h4-7,12H,3,8H2,1-2H3,(H,17,18). The van der Waals surface area contributed by atoms with Gasteiger partial charge in [0.2, 0.25) is 0 Å². The number of ether oxygens (including phenoxy) is 1. The molecule has 1 N–H and O–H groups in total. The largest absolute Gasteiger partial charge is 0.435 e. The van der Waals surface area contributed by atoms with Gasteiger partial charge in [0.25, 0.3) is 5.91 Å². The molecule has 0 saturated heterocycles. The number of halogens is 3. The molecule has 6 heteroatoms. The molecule has 0 heterocycles. The Morgan fingerprint density at radius 3 is 2.42 bits per heavy atom. The average molecular weight is 292 g/mol. The Kier molecular flexibility index (Phi) is 5.54. The fourth-order valence-corrected chi connectivity index (χ4v) is 1.61. The van der Waals surface area contributed by atoms with Crippen LogP contribution in [0.15, 0.2) is 24.3 Å². The fourth-order valence-electron chi connectivity index (χ4n) is 1.35. The number of carbonyl (C=O) groups is 1. The van der Waals surface area contributed by atoms with Crippen LogP contribution in [0.1, 0.15) is 30.6 Å². The van der Waals surface area contributed by atoms with Crippen LogP contribution in [0, 0.1) is 0 Å². The molecule has 1 aromatic carbocycles. The van der Waals surface area contributed by atoms with E-state index < -0.39 is 12.2 Å². The van der Waals surface area contributed by atoms with E-state index in [4.69, 9.17) is 11.6 Å². The first-order valence-electron chi connectivity index (χ1n) is 5.83. The summed E-state index contributed by atoms with van der Waals surface area (Å²) in [7, 11) is 0. The van der Waals surface area contributed by atoms with Gasteiger partial charge in [-0.3, -0.25) is 4.79 Å². The van der Waals surface area contributed by atoms with E-state index in [-0.39, 0.29) is 11.7 Å². The molecule has 1 rings (SSSR count). The van der Waals surface area contributed by atoms with E-state index in [1.165, 1.54) is 24.3 Å². The minimum absolute atomic E-state index is 0.0159. The smallest absolute Gasteiger partial charge is 0.387 e. The third kappa shape index (κ3) is 4.67. The maximum atomic E-state index is 12.0. The van der Waals surface area contributed by atoms with Gasteiger partial charge in [0.05, 0.1) is 5.54 Å². The molecule has 3 nitrogen and oxygen atoms in total. The van der Waals surface area contributed by atoms with Crippen LogP contribution in [-0.2, 0) is 0 Å². The van der Waals surface area contributed by atoms with Crippen molar-refractivity contribution in [3.05, 3.63) is 29.8 Å². The summed E-state index contributed by atoms with van der Waals surface area (Å²) < 4.78 is 28.2. The molecule has 1 atom stereocenters.